The molecule has 0 aromatic heterocycles. The van der Waals surface area contributed by atoms with Crippen LogP contribution in [-0.4, -0.2) is 29.9 Å². The Bertz CT molecular complexity index is 2410. The van der Waals surface area contributed by atoms with Gasteiger partial charge in [-0.05, 0) is 132 Å². The maximum absolute atomic E-state index is 13.1. The van der Waals surface area contributed by atoms with Crippen LogP contribution < -0.4 is 11.0 Å². The molecule has 1 saturated heterocycles. The van der Waals surface area contributed by atoms with Crippen molar-refractivity contribution >= 4 is 24.0 Å². The molecular weight excluding hydrogens is 932 g/mol. The van der Waals surface area contributed by atoms with E-state index in [1.54, 1.807) is 36.4 Å². The Morgan fingerprint density at radius 3 is 1.40 bits per heavy atom. The van der Waals surface area contributed by atoms with E-state index in [9.17, 15) is 62.3 Å². The Labute approximate surface area is 380 Å². The third-order valence-corrected chi connectivity index (χ3v) is 11.0. The summed E-state index contributed by atoms with van der Waals surface area (Å²) in [4.78, 5) is 28.3. The second-order valence-corrected chi connectivity index (χ2v) is 15.9. The molecule has 366 valence electrons. The Morgan fingerprint density at radius 1 is 0.588 bits per heavy atom. The van der Waals surface area contributed by atoms with Crippen molar-refractivity contribution in [2.45, 2.75) is 101 Å². The van der Waals surface area contributed by atoms with Crippen LogP contribution in [-0.2, 0) is 79.4 Å². The summed E-state index contributed by atoms with van der Waals surface area (Å²) in [7, 11) is 0. The van der Waals surface area contributed by atoms with Gasteiger partial charge in [0.15, 0.2) is 6.29 Å². The molecule has 1 aliphatic heterocycles. The number of benzene rings is 4. The van der Waals surface area contributed by atoms with E-state index in [2.05, 4.69) is 5.48 Å². The van der Waals surface area contributed by atoms with Crippen molar-refractivity contribution in [1.82, 2.24) is 11.0 Å². The second kappa shape index (κ2) is 21.7. The number of alkyl halides is 12. The molecule has 7 rings (SSSR count). The highest BCUT2D eigenvalue weighted by molar-refractivity contribution is 5.91. The number of hydrogen-bond acceptors (Lipinski definition) is 7. The Kier molecular flexibility index (Phi) is 16.5. The molecule has 3 aliphatic rings. The first kappa shape index (κ1) is 51.6. The molecule has 1 heterocycles. The molecule has 0 bridgehead atoms. The van der Waals surface area contributed by atoms with Crippen LogP contribution in [0.5, 0.6) is 0 Å². The summed E-state index contributed by atoms with van der Waals surface area (Å²) in [6.07, 6.45) is -10.6. The molecule has 0 spiro atoms. The van der Waals surface area contributed by atoms with E-state index in [0.717, 1.165) is 46.7 Å². The summed E-state index contributed by atoms with van der Waals surface area (Å²) in [5.74, 6) is -1.14. The molecule has 68 heavy (non-hydrogen) atoms. The third-order valence-electron chi connectivity index (χ3n) is 11.0. The minimum absolute atomic E-state index is 0.0838. The van der Waals surface area contributed by atoms with Gasteiger partial charge >= 0.3 is 24.7 Å². The molecule has 3 unspecified atom stereocenters. The summed E-state index contributed by atoms with van der Waals surface area (Å²) in [5.41, 5.74) is 2.73. The van der Waals surface area contributed by atoms with Crippen molar-refractivity contribution in [1.29, 1.82) is 0 Å². The van der Waals surface area contributed by atoms with E-state index in [0.29, 0.717) is 68.5 Å². The molecule has 9 nitrogen and oxygen atoms in total. The number of halogens is 12. The van der Waals surface area contributed by atoms with Crippen molar-refractivity contribution in [3.63, 3.8) is 0 Å². The maximum Gasteiger partial charge on any atom is 0.416 e. The number of aryl methyl sites for hydroxylation is 2. The van der Waals surface area contributed by atoms with Crippen LogP contribution in [0.2, 0.25) is 0 Å². The SMILES string of the molecule is O=C(/C=C/c1ccc2c(c1)CCC2OCc1cc(C(F)(F)F)cc(C(F)(F)F)c1)NO.O=C(/C=C/c1ccc2c(c1)CCC2OCc1cc(C(F)(F)F)cc(C(F)(F)F)c1)NOC1CCCCO1. The standard InChI is InChI=1S/C26H25F6NO4.C21H17F6NO3/c27-25(28,29)19-12-17(13-20(14-19)26(30,31)32)15-36-22-8-6-18-11-16(4-7-21(18)22)5-9-23(34)33-37-24-3-1-2-10-35-24;22-20(23,24)15-8-13(9-16(10-15)21(25,26)27)11-31-18-5-3-14-7-12(1-4-17(14)18)2-6-19(29)28-30/h4-5,7,9,11-14,22,24H,1-3,6,8,10,15H2,(H,33,34);1-2,4,6-10,18,30H,3,5,11H2,(H,28,29)/b9-5+;6-2+. The highest BCUT2D eigenvalue weighted by atomic mass is 19.4. The van der Waals surface area contributed by atoms with Gasteiger partial charge in [0, 0.05) is 25.2 Å². The average Bonchev–Trinajstić information content (AvgIpc) is 3.90. The minimum Gasteiger partial charge on any atom is -0.369 e. The lowest BCUT2D eigenvalue weighted by Gasteiger charge is -2.21. The normalized spacial score (nSPS) is 18.6. The molecule has 4 aromatic rings. The van der Waals surface area contributed by atoms with Gasteiger partial charge in [0.25, 0.3) is 11.8 Å². The van der Waals surface area contributed by atoms with E-state index < -0.39 is 90.5 Å². The van der Waals surface area contributed by atoms with Crippen LogP contribution in [0.3, 0.4) is 0 Å². The zero-order valence-electron chi connectivity index (χ0n) is 35.5. The summed E-state index contributed by atoms with van der Waals surface area (Å²) < 4.78 is 173. The molecule has 21 heteroatoms. The summed E-state index contributed by atoms with van der Waals surface area (Å²) in [5, 5.41) is 8.49. The van der Waals surface area contributed by atoms with Crippen molar-refractivity contribution in [3.8, 4) is 0 Å². The van der Waals surface area contributed by atoms with Crippen LogP contribution in [0.25, 0.3) is 12.2 Å². The smallest absolute Gasteiger partial charge is 0.369 e. The van der Waals surface area contributed by atoms with E-state index in [-0.39, 0.29) is 23.3 Å². The maximum atomic E-state index is 13.1. The third kappa shape index (κ3) is 14.4. The number of carbonyl (C=O) groups is 2. The van der Waals surface area contributed by atoms with Gasteiger partial charge in [0.1, 0.15) is 0 Å². The molecular formula is C47H42F12N2O7. The average molecular weight is 975 g/mol. The zero-order chi connectivity index (χ0) is 49.4. The number of carbonyl (C=O) groups excluding carboxylic acids is 2. The van der Waals surface area contributed by atoms with Gasteiger partial charge in [-0.1, -0.05) is 36.4 Å². The van der Waals surface area contributed by atoms with Crippen LogP contribution in [0.15, 0.2) is 84.9 Å². The summed E-state index contributed by atoms with van der Waals surface area (Å²) >= 11 is 0. The number of fused-ring (bicyclic) bond motifs is 2. The van der Waals surface area contributed by atoms with Gasteiger partial charge < -0.3 is 14.2 Å². The van der Waals surface area contributed by atoms with E-state index in [1.807, 2.05) is 6.07 Å². The van der Waals surface area contributed by atoms with Gasteiger partial charge in [0.05, 0.1) is 47.7 Å². The topological polar surface area (TPSA) is 115 Å². The van der Waals surface area contributed by atoms with Crippen molar-refractivity contribution in [2.75, 3.05) is 6.61 Å². The zero-order valence-corrected chi connectivity index (χ0v) is 35.5. The molecule has 4 aromatic carbocycles. The Hall–Kier alpha value is -5.74. The Morgan fingerprint density at radius 2 is 1.01 bits per heavy atom. The molecule has 3 atom stereocenters. The fourth-order valence-corrected chi connectivity index (χ4v) is 7.69. The monoisotopic (exact) mass is 974 g/mol. The van der Waals surface area contributed by atoms with E-state index >= 15 is 0 Å². The van der Waals surface area contributed by atoms with Crippen molar-refractivity contribution < 1.29 is 86.5 Å². The highest BCUT2D eigenvalue weighted by Gasteiger charge is 2.38. The Balaban J connectivity index is 0.000000228. The lowest BCUT2D eigenvalue weighted by atomic mass is 10.0. The van der Waals surface area contributed by atoms with Crippen LogP contribution in [0, 0.1) is 0 Å². The number of hydroxylamine groups is 2. The predicted octanol–water partition coefficient (Wildman–Crippen LogP) is 12.0. The fourth-order valence-electron chi connectivity index (χ4n) is 7.69. The van der Waals surface area contributed by atoms with Crippen molar-refractivity contribution in [2.24, 2.45) is 0 Å². The molecule has 3 N–H and O–H groups in total. The van der Waals surface area contributed by atoms with Gasteiger partial charge in [-0.25, -0.2) is 15.8 Å². The van der Waals surface area contributed by atoms with Crippen LogP contribution in [0.1, 0.15) is 111 Å². The highest BCUT2D eigenvalue weighted by Crippen LogP contribution is 2.41. The fraction of sp³-hybridized carbons (Fsp3) is 0.362. The van der Waals surface area contributed by atoms with Gasteiger partial charge in [-0.3, -0.25) is 14.8 Å². The molecule has 1 fully saturated rings. The summed E-state index contributed by atoms with van der Waals surface area (Å²) in [6.45, 7) is -0.218. The predicted molar refractivity (Wildman–Crippen MR) is 218 cm³/mol. The molecule has 0 radical (unpaired) electrons. The first-order valence-corrected chi connectivity index (χ1v) is 20.9. The van der Waals surface area contributed by atoms with Gasteiger partial charge in [-0.15, -0.1) is 0 Å². The number of nitrogens with one attached hydrogen (secondary N) is 2. The minimum atomic E-state index is -4.91. The summed E-state index contributed by atoms with van der Waals surface area (Å²) in [6, 6.07) is 13.5. The van der Waals surface area contributed by atoms with Gasteiger partial charge in [-0.2, -0.15) is 52.7 Å². The van der Waals surface area contributed by atoms with Crippen LogP contribution in [0.4, 0.5) is 52.7 Å². The second-order valence-electron chi connectivity index (χ2n) is 15.9. The number of amides is 2. The number of ether oxygens (including phenoxy) is 3. The van der Waals surface area contributed by atoms with E-state index in [4.69, 9.17) is 24.3 Å². The first-order valence-electron chi connectivity index (χ1n) is 20.9. The van der Waals surface area contributed by atoms with Gasteiger partial charge in [0.2, 0.25) is 0 Å². The number of hydrogen-bond donors (Lipinski definition) is 3. The van der Waals surface area contributed by atoms with Crippen molar-refractivity contribution in [3.05, 3.63) is 152 Å². The quantitative estimate of drug-likeness (QED) is 0.0560. The first-order chi connectivity index (χ1) is 32.0. The molecule has 2 amide bonds. The van der Waals surface area contributed by atoms with E-state index in [1.165, 1.54) is 17.6 Å². The van der Waals surface area contributed by atoms with Crippen LogP contribution >= 0.6 is 0 Å². The molecule has 2 aliphatic carbocycles. The lowest BCUT2D eigenvalue weighted by Crippen LogP contribution is -2.32. The number of rotatable bonds is 12. The lowest BCUT2D eigenvalue weighted by molar-refractivity contribution is -0.198. The molecule has 0 saturated carbocycles. The largest absolute Gasteiger partial charge is 0.416 e.